The maximum Gasteiger partial charge on any atom is 0.223 e. The fourth-order valence-corrected chi connectivity index (χ4v) is 5.89. The fourth-order valence-electron chi connectivity index (χ4n) is 3.50. The predicted molar refractivity (Wildman–Crippen MR) is 123 cm³/mol. The van der Waals surface area contributed by atoms with Crippen molar-refractivity contribution >= 4 is 54.0 Å². The number of rotatable bonds is 6. The number of ether oxygens (including phenoxy) is 1. The summed E-state index contributed by atoms with van der Waals surface area (Å²) in [6, 6.07) is 11.8. The Hall–Kier alpha value is -2.36. The van der Waals surface area contributed by atoms with Gasteiger partial charge in [-0.15, -0.1) is 0 Å². The van der Waals surface area contributed by atoms with Crippen molar-refractivity contribution in [3.8, 4) is 5.75 Å². The summed E-state index contributed by atoms with van der Waals surface area (Å²) in [6.07, 6.45) is -0.0384. The van der Waals surface area contributed by atoms with Gasteiger partial charge in [0.05, 0.1) is 22.5 Å². The third kappa shape index (κ3) is 4.78. The molecule has 0 bridgehead atoms. The number of sulfone groups is 1. The molecule has 2 heterocycles. The number of nitrogens with zero attached hydrogens (tertiary/aromatic N) is 3. The van der Waals surface area contributed by atoms with E-state index >= 15 is 0 Å². The Morgan fingerprint density at radius 1 is 1.13 bits per heavy atom. The number of para-hydroxylation sites is 1. The molecule has 0 unspecified atom stereocenters. The molecule has 2 aromatic carbocycles. The van der Waals surface area contributed by atoms with Crippen LogP contribution in [0.1, 0.15) is 6.42 Å². The van der Waals surface area contributed by atoms with Crippen LogP contribution >= 0.6 is 22.9 Å². The van der Waals surface area contributed by atoms with Gasteiger partial charge in [0.2, 0.25) is 5.91 Å². The highest BCUT2D eigenvalue weighted by Gasteiger charge is 2.25. The number of amides is 1. The molecule has 3 aromatic rings. The molecule has 0 spiro atoms. The van der Waals surface area contributed by atoms with E-state index in [1.165, 1.54) is 24.3 Å². The number of halogens is 1. The van der Waals surface area contributed by atoms with Crippen LogP contribution in [0, 0.1) is 0 Å². The molecule has 0 atom stereocenters. The molecule has 1 aromatic heterocycles. The Kier molecular flexibility index (Phi) is 6.36. The SMILES string of the molecule is COc1cccc2sc(N3CCN(C(=O)CCS(=O)(=O)c4ccc(Cl)cc4)CC3)nc12. The number of methoxy groups -OCH3 is 1. The monoisotopic (exact) mass is 479 g/mol. The van der Waals surface area contributed by atoms with Crippen molar-refractivity contribution < 1.29 is 17.9 Å². The van der Waals surface area contributed by atoms with Gasteiger partial charge in [-0.25, -0.2) is 13.4 Å². The van der Waals surface area contributed by atoms with Gasteiger partial charge in [-0.1, -0.05) is 29.0 Å². The van der Waals surface area contributed by atoms with Gasteiger partial charge < -0.3 is 14.5 Å². The Labute approximate surface area is 190 Å². The topological polar surface area (TPSA) is 79.8 Å². The van der Waals surface area contributed by atoms with Crippen molar-refractivity contribution in [3.63, 3.8) is 0 Å². The molecule has 1 aliphatic rings. The summed E-state index contributed by atoms with van der Waals surface area (Å²) < 4.78 is 31.4. The molecule has 164 valence electrons. The van der Waals surface area contributed by atoms with Gasteiger partial charge in [-0.3, -0.25) is 4.79 Å². The van der Waals surface area contributed by atoms with E-state index in [0.717, 1.165) is 21.1 Å². The molecule has 1 aliphatic heterocycles. The number of anilines is 1. The molecule has 10 heteroatoms. The van der Waals surface area contributed by atoms with E-state index in [-0.39, 0.29) is 23.0 Å². The first-order valence-electron chi connectivity index (χ1n) is 9.82. The first-order chi connectivity index (χ1) is 14.9. The lowest BCUT2D eigenvalue weighted by molar-refractivity contribution is -0.131. The Morgan fingerprint density at radius 2 is 1.84 bits per heavy atom. The van der Waals surface area contributed by atoms with E-state index < -0.39 is 9.84 Å². The lowest BCUT2D eigenvalue weighted by Crippen LogP contribution is -2.49. The smallest absolute Gasteiger partial charge is 0.223 e. The molecule has 0 saturated carbocycles. The van der Waals surface area contributed by atoms with Crippen LogP contribution in [0.15, 0.2) is 47.4 Å². The molecule has 1 saturated heterocycles. The van der Waals surface area contributed by atoms with E-state index in [2.05, 4.69) is 4.90 Å². The van der Waals surface area contributed by atoms with E-state index in [9.17, 15) is 13.2 Å². The number of fused-ring (bicyclic) bond motifs is 1. The first kappa shape index (κ1) is 21.9. The minimum absolute atomic E-state index is 0.0384. The fraction of sp³-hybridized carbons (Fsp3) is 0.333. The van der Waals surface area contributed by atoms with Gasteiger partial charge in [0, 0.05) is 37.6 Å². The number of hydrogen-bond donors (Lipinski definition) is 0. The van der Waals surface area contributed by atoms with E-state index in [0.29, 0.717) is 31.2 Å². The van der Waals surface area contributed by atoms with Crippen LogP contribution < -0.4 is 9.64 Å². The molecule has 31 heavy (non-hydrogen) atoms. The van der Waals surface area contributed by atoms with Gasteiger partial charge in [0.1, 0.15) is 11.3 Å². The maximum absolute atomic E-state index is 12.6. The zero-order valence-electron chi connectivity index (χ0n) is 17.0. The Bertz CT molecular complexity index is 1190. The summed E-state index contributed by atoms with van der Waals surface area (Å²) >= 11 is 7.41. The molecule has 1 fully saturated rings. The normalized spacial score (nSPS) is 14.8. The highest BCUT2D eigenvalue weighted by atomic mass is 35.5. The van der Waals surface area contributed by atoms with Crippen LogP contribution in [0.3, 0.4) is 0 Å². The van der Waals surface area contributed by atoms with Crippen LogP contribution in [0.25, 0.3) is 10.2 Å². The number of aromatic nitrogens is 1. The lowest BCUT2D eigenvalue weighted by atomic mass is 10.3. The number of benzene rings is 2. The molecule has 0 N–H and O–H groups in total. The zero-order valence-corrected chi connectivity index (χ0v) is 19.3. The van der Waals surface area contributed by atoms with Gasteiger partial charge >= 0.3 is 0 Å². The van der Waals surface area contributed by atoms with E-state index in [4.69, 9.17) is 21.3 Å². The second-order valence-electron chi connectivity index (χ2n) is 7.19. The van der Waals surface area contributed by atoms with Crippen LogP contribution in [-0.4, -0.2) is 63.3 Å². The second kappa shape index (κ2) is 9.02. The Morgan fingerprint density at radius 3 is 2.52 bits per heavy atom. The van der Waals surface area contributed by atoms with Gasteiger partial charge in [0.15, 0.2) is 15.0 Å². The summed E-state index contributed by atoms with van der Waals surface area (Å²) in [5.41, 5.74) is 0.843. The summed E-state index contributed by atoms with van der Waals surface area (Å²) in [4.78, 5) is 21.4. The van der Waals surface area contributed by atoms with Crippen LogP contribution in [0.4, 0.5) is 5.13 Å². The quantitative estimate of drug-likeness (QED) is 0.538. The maximum atomic E-state index is 12.6. The summed E-state index contributed by atoms with van der Waals surface area (Å²) in [7, 11) is -1.89. The largest absolute Gasteiger partial charge is 0.494 e. The van der Waals surface area contributed by atoms with Crippen molar-refractivity contribution in [2.24, 2.45) is 0 Å². The van der Waals surface area contributed by atoms with Crippen molar-refractivity contribution in [1.29, 1.82) is 0 Å². The number of carbonyl (C=O) groups excluding carboxylic acids is 1. The molecule has 1 amide bonds. The summed E-state index contributed by atoms with van der Waals surface area (Å²) in [6.45, 7) is 2.37. The molecule has 0 radical (unpaired) electrons. The van der Waals surface area contributed by atoms with Crippen molar-refractivity contribution in [2.45, 2.75) is 11.3 Å². The van der Waals surface area contributed by atoms with Gasteiger partial charge in [0.25, 0.3) is 0 Å². The van der Waals surface area contributed by atoms with Crippen LogP contribution in [0.5, 0.6) is 5.75 Å². The second-order valence-corrected chi connectivity index (χ2v) is 10.7. The zero-order chi connectivity index (χ0) is 22.0. The third-order valence-electron chi connectivity index (χ3n) is 5.25. The number of carbonyl (C=O) groups is 1. The van der Waals surface area contributed by atoms with E-state index in [1.54, 1.807) is 23.3 Å². The molecular weight excluding hydrogens is 458 g/mol. The number of thiazole rings is 1. The average molecular weight is 480 g/mol. The number of piperazine rings is 1. The van der Waals surface area contributed by atoms with Crippen molar-refractivity contribution in [1.82, 2.24) is 9.88 Å². The minimum Gasteiger partial charge on any atom is -0.494 e. The third-order valence-corrected chi connectivity index (χ3v) is 8.32. The standard InChI is InChI=1S/C21H22ClN3O4S2/c1-29-17-3-2-4-18-20(17)23-21(30-18)25-12-10-24(11-13-25)19(26)9-14-31(27,28)16-7-5-15(22)6-8-16/h2-8H,9-14H2,1H3. The number of hydrogen-bond acceptors (Lipinski definition) is 7. The summed E-state index contributed by atoms with van der Waals surface area (Å²) in [5.74, 6) is 0.379. The van der Waals surface area contributed by atoms with Gasteiger partial charge in [-0.05, 0) is 36.4 Å². The van der Waals surface area contributed by atoms with Crippen LogP contribution in [-0.2, 0) is 14.6 Å². The van der Waals surface area contributed by atoms with Crippen molar-refractivity contribution in [3.05, 3.63) is 47.5 Å². The average Bonchev–Trinajstić information content (AvgIpc) is 3.22. The van der Waals surface area contributed by atoms with Crippen molar-refractivity contribution in [2.75, 3.05) is 43.9 Å². The highest BCUT2D eigenvalue weighted by Crippen LogP contribution is 2.34. The molecule has 4 rings (SSSR count). The molecular formula is C21H22ClN3O4S2. The Balaban J connectivity index is 1.34. The molecule has 7 nitrogen and oxygen atoms in total. The minimum atomic E-state index is -3.52. The lowest BCUT2D eigenvalue weighted by Gasteiger charge is -2.34. The van der Waals surface area contributed by atoms with Gasteiger partial charge in [-0.2, -0.15) is 0 Å². The highest BCUT2D eigenvalue weighted by molar-refractivity contribution is 7.91. The van der Waals surface area contributed by atoms with Crippen LogP contribution in [0.2, 0.25) is 5.02 Å². The first-order valence-corrected chi connectivity index (χ1v) is 12.7. The summed E-state index contributed by atoms with van der Waals surface area (Å²) in [5, 5.41) is 1.37. The predicted octanol–water partition coefficient (Wildman–Crippen LogP) is 3.47. The van der Waals surface area contributed by atoms with E-state index in [1.807, 2.05) is 18.2 Å². The molecule has 0 aliphatic carbocycles.